The third-order valence-electron chi connectivity index (χ3n) is 4.35. The average Bonchev–Trinajstić information content (AvgIpc) is 2.54. The summed E-state index contributed by atoms with van der Waals surface area (Å²) in [7, 11) is -4.09. The molecule has 0 saturated carbocycles. The molecule has 150 valence electrons. The maximum Gasteiger partial charge on any atom is 1.00 e. The van der Waals surface area contributed by atoms with E-state index in [4.69, 9.17) is 4.55 Å². The standard InChI is InChI=1S/C19H37NO4S.Na.H/c1-3-5-6-7-8-9-10-11-12-13-14-15-16-18(17-25(22,23)24)20-19(21)4-2;;/h4,18H,2-3,5-17H2,1H3,(H,20,21)(H,22,23,24);;/q;+1;-1. The van der Waals surface area contributed by atoms with Crippen LogP contribution in [0.5, 0.6) is 0 Å². The van der Waals surface area contributed by atoms with Crippen molar-refractivity contribution >= 4 is 16.0 Å². The third-order valence-corrected chi connectivity index (χ3v) is 5.17. The van der Waals surface area contributed by atoms with E-state index in [1.807, 2.05) is 0 Å². The van der Waals surface area contributed by atoms with E-state index in [1.54, 1.807) is 0 Å². The van der Waals surface area contributed by atoms with Gasteiger partial charge in [-0.25, -0.2) is 0 Å². The predicted molar refractivity (Wildman–Crippen MR) is 105 cm³/mol. The summed E-state index contributed by atoms with van der Waals surface area (Å²) in [5, 5.41) is 2.57. The molecule has 7 heteroatoms. The summed E-state index contributed by atoms with van der Waals surface area (Å²) in [6, 6.07) is -0.552. The van der Waals surface area contributed by atoms with Crippen molar-refractivity contribution in [1.29, 1.82) is 0 Å². The number of unbranched alkanes of at least 4 members (excludes halogenated alkanes) is 11. The largest absolute Gasteiger partial charge is 1.00 e. The van der Waals surface area contributed by atoms with Gasteiger partial charge in [0, 0.05) is 6.04 Å². The van der Waals surface area contributed by atoms with Crippen LogP contribution in [-0.2, 0) is 14.9 Å². The molecule has 1 atom stereocenters. The van der Waals surface area contributed by atoms with Gasteiger partial charge in [-0.15, -0.1) is 0 Å². The van der Waals surface area contributed by atoms with Crippen molar-refractivity contribution in [2.45, 2.75) is 96.4 Å². The van der Waals surface area contributed by atoms with Gasteiger partial charge in [-0.1, -0.05) is 90.6 Å². The number of hydrogen-bond donors (Lipinski definition) is 2. The number of hydrogen-bond acceptors (Lipinski definition) is 3. The quantitative estimate of drug-likeness (QED) is 0.169. The molecule has 26 heavy (non-hydrogen) atoms. The summed E-state index contributed by atoms with van der Waals surface area (Å²) in [6.07, 6.45) is 16.5. The van der Waals surface area contributed by atoms with Crippen molar-refractivity contribution in [3.8, 4) is 0 Å². The number of amides is 1. The second-order valence-corrected chi connectivity index (χ2v) is 8.33. The Labute approximate surface area is 184 Å². The van der Waals surface area contributed by atoms with Crippen LogP contribution in [0.25, 0.3) is 0 Å². The molecular weight excluding hydrogens is 361 g/mol. The fourth-order valence-corrected chi connectivity index (χ4v) is 3.70. The molecule has 0 radical (unpaired) electrons. The van der Waals surface area contributed by atoms with Gasteiger partial charge in [0.1, 0.15) is 0 Å². The van der Waals surface area contributed by atoms with Gasteiger partial charge in [-0.3, -0.25) is 9.35 Å². The molecular formula is C19H38NNaO4S. The van der Waals surface area contributed by atoms with Gasteiger partial charge in [-0.05, 0) is 12.5 Å². The van der Waals surface area contributed by atoms with Crippen LogP contribution in [0.2, 0.25) is 0 Å². The number of rotatable bonds is 17. The first-order chi connectivity index (χ1) is 11.9. The SMILES string of the molecule is C=CC(=O)NC(CCCCCCCCCCCCCC)CS(=O)(=O)O.[H-].[Na+]. The molecule has 0 aromatic carbocycles. The van der Waals surface area contributed by atoms with Crippen molar-refractivity contribution < 1.29 is 48.7 Å². The molecule has 2 N–H and O–H groups in total. The monoisotopic (exact) mass is 399 g/mol. The molecule has 0 aliphatic carbocycles. The summed E-state index contributed by atoms with van der Waals surface area (Å²) in [5.41, 5.74) is 0. The van der Waals surface area contributed by atoms with Gasteiger partial charge in [0.2, 0.25) is 5.91 Å². The van der Waals surface area contributed by atoms with Gasteiger partial charge >= 0.3 is 29.6 Å². The zero-order valence-corrected chi connectivity index (χ0v) is 19.7. The molecule has 0 aromatic rings. The minimum atomic E-state index is -4.09. The van der Waals surface area contributed by atoms with Crippen molar-refractivity contribution in [2.75, 3.05) is 5.75 Å². The smallest absolute Gasteiger partial charge is 1.00 e. The fourth-order valence-electron chi connectivity index (χ4n) is 2.94. The Kier molecular flexibility index (Phi) is 20.1. The zero-order chi connectivity index (χ0) is 19.0. The van der Waals surface area contributed by atoms with Crippen LogP contribution in [0.3, 0.4) is 0 Å². The van der Waals surface area contributed by atoms with E-state index in [9.17, 15) is 13.2 Å². The molecule has 1 unspecified atom stereocenters. The predicted octanol–water partition coefficient (Wildman–Crippen LogP) is 1.75. The molecule has 0 fully saturated rings. The topological polar surface area (TPSA) is 83.5 Å². The Hall–Kier alpha value is 0.120. The van der Waals surface area contributed by atoms with Gasteiger partial charge in [0.25, 0.3) is 10.1 Å². The molecule has 0 bridgehead atoms. The Balaban J connectivity index is -0.00000288. The summed E-state index contributed by atoms with van der Waals surface area (Å²) in [6.45, 7) is 5.59. The molecule has 1 amide bonds. The Morgan fingerprint density at radius 2 is 1.42 bits per heavy atom. The van der Waals surface area contributed by atoms with Gasteiger partial charge < -0.3 is 6.74 Å². The second kappa shape index (κ2) is 18.5. The first kappa shape index (κ1) is 28.3. The van der Waals surface area contributed by atoms with Crippen LogP contribution in [-0.4, -0.2) is 30.7 Å². The Bertz CT molecular complexity index is 461. The first-order valence-corrected chi connectivity index (χ1v) is 11.4. The van der Waals surface area contributed by atoms with E-state index < -0.39 is 27.8 Å². The average molecular weight is 400 g/mol. The van der Waals surface area contributed by atoms with E-state index in [-0.39, 0.29) is 31.0 Å². The molecule has 0 rings (SSSR count). The maximum atomic E-state index is 11.3. The van der Waals surface area contributed by atoms with E-state index in [2.05, 4.69) is 18.8 Å². The van der Waals surface area contributed by atoms with Gasteiger partial charge in [-0.2, -0.15) is 8.42 Å². The summed E-state index contributed by atoms with van der Waals surface area (Å²) >= 11 is 0. The number of carbonyl (C=O) groups excluding carboxylic acids is 1. The van der Waals surface area contributed by atoms with Crippen molar-refractivity contribution in [1.82, 2.24) is 5.32 Å². The van der Waals surface area contributed by atoms with Crippen LogP contribution >= 0.6 is 0 Å². The van der Waals surface area contributed by atoms with E-state index >= 15 is 0 Å². The maximum absolute atomic E-state index is 11.3. The molecule has 0 aliphatic heterocycles. The summed E-state index contributed by atoms with van der Waals surface area (Å²) < 4.78 is 31.0. The third kappa shape index (κ3) is 20.4. The Morgan fingerprint density at radius 3 is 1.81 bits per heavy atom. The van der Waals surface area contributed by atoms with Gasteiger partial charge in [0.05, 0.1) is 5.75 Å². The normalized spacial score (nSPS) is 12.2. The number of nitrogens with one attached hydrogen (secondary N) is 1. The van der Waals surface area contributed by atoms with E-state index in [0.29, 0.717) is 6.42 Å². The number of carbonyl (C=O) groups is 1. The van der Waals surface area contributed by atoms with Crippen LogP contribution in [0, 0.1) is 0 Å². The van der Waals surface area contributed by atoms with Crippen LogP contribution in [0.1, 0.15) is 91.8 Å². The molecule has 0 aliphatic rings. The molecule has 0 heterocycles. The van der Waals surface area contributed by atoms with Crippen molar-refractivity contribution in [3.63, 3.8) is 0 Å². The molecule has 0 saturated heterocycles. The molecule has 5 nitrogen and oxygen atoms in total. The van der Waals surface area contributed by atoms with Crippen LogP contribution in [0.4, 0.5) is 0 Å². The van der Waals surface area contributed by atoms with Crippen molar-refractivity contribution in [2.24, 2.45) is 0 Å². The van der Waals surface area contributed by atoms with E-state index in [0.717, 1.165) is 25.3 Å². The minimum absolute atomic E-state index is 0. The first-order valence-electron chi connectivity index (χ1n) is 9.77. The van der Waals surface area contributed by atoms with Crippen molar-refractivity contribution in [3.05, 3.63) is 12.7 Å². The molecule has 0 aromatic heterocycles. The summed E-state index contributed by atoms with van der Waals surface area (Å²) in [5.74, 6) is -0.850. The molecule has 0 spiro atoms. The fraction of sp³-hybridized carbons (Fsp3) is 0.842. The second-order valence-electron chi connectivity index (χ2n) is 6.84. The van der Waals surface area contributed by atoms with Crippen LogP contribution < -0.4 is 34.9 Å². The summed E-state index contributed by atoms with van der Waals surface area (Å²) in [4.78, 5) is 11.3. The minimum Gasteiger partial charge on any atom is -1.00 e. The van der Waals surface area contributed by atoms with E-state index in [1.165, 1.54) is 57.8 Å². The van der Waals surface area contributed by atoms with Gasteiger partial charge in [0.15, 0.2) is 0 Å². The van der Waals surface area contributed by atoms with Crippen LogP contribution in [0.15, 0.2) is 12.7 Å². The Morgan fingerprint density at radius 1 is 1.00 bits per heavy atom. The zero-order valence-electron chi connectivity index (χ0n) is 17.8.